The smallest absolute Gasteiger partial charge is 0.127 e. The summed E-state index contributed by atoms with van der Waals surface area (Å²) in [6.07, 6.45) is 0. The van der Waals surface area contributed by atoms with Crippen LogP contribution < -0.4 is 5.32 Å². The Balaban J connectivity index is 2.63. The summed E-state index contributed by atoms with van der Waals surface area (Å²) in [4.78, 5) is 0. The molecule has 0 saturated heterocycles. The Morgan fingerprint density at radius 1 is 1.31 bits per heavy atom. The predicted octanol–water partition coefficient (Wildman–Crippen LogP) is 3.32. The zero-order chi connectivity index (χ0) is 12.1. The number of alkyl halides is 1. The van der Waals surface area contributed by atoms with E-state index < -0.39 is 11.6 Å². The van der Waals surface area contributed by atoms with E-state index >= 15 is 0 Å². The number of nitrogens with one attached hydrogen (secondary N) is 1. The fraction of sp³-hybridized carbons (Fsp3) is 0.500. The average Bonchev–Trinajstić information content (AvgIpc) is 2.23. The quantitative estimate of drug-likeness (QED) is 0.787. The summed E-state index contributed by atoms with van der Waals surface area (Å²) in [5, 5.41) is 3.11. The molecule has 1 aromatic rings. The molecule has 0 radical (unpaired) electrons. The van der Waals surface area contributed by atoms with Crippen LogP contribution in [0.5, 0.6) is 0 Å². The van der Waals surface area contributed by atoms with Crippen LogP contribution in [0.2, 0.25) is 0 Å². The van der Waals surface area contributed by atoms with Crippen molar-refractivity contribution in [3.8, 4) is 0 Å². The van der Waals surface area contributed by atoms with Gasteiger partial charge in [-0.3, -0.25) is 0 Å². The second-order valence-electron chi connectivity index (χ2n) is 4.12. The Bertz CT molecular complexity index is 342. The van der Waals surface area contributed by atoms with Crippen LogP contribution in [0.4, 0.5) is 8.78 Å². The van der Waals surface area contributed by atoms with E-state index in [4.69, 9.17) is 11.6 Å². The van der Waals surface area contributed by atoms with Crippen molar-refractivity contribution in [2.24, 2.45) is 5.92 Å². The number of hydrogen-bond acceptors (Lipinski definition) is 1. The maximum Gasteiger partial charge on any atom is 0.127 e. The van der Waals surface area contributed by atoms with Gasteiger partial charge in [0.15, 0.2) is 0 Å². The number of hydrogen-bond donors (Lipinski definition) is 1. The monoisotopic (exact) mass is 247 g/mol. The first-order valence-electron chi connectivity index (χ1n) is 5.28. The highest BCUT2D eigenvalue weighted by Crippen LogP contribution is 2.11. The van der Waals surface area contributed by atoms with Gasteiger partial charge in [0.1, 0.15) is 11.6 Å². The third-order valence-electron chi connectivity index (χ3n) is 2.53. The molecule has 16 heavy (non-hydrogen) atoms. The van der Waals surface area contributed by atoms with Gasteiger partial charge in [0, 0.05) is 24.0 Å². The molecular weight excluding hydrogens is 232 g/mol. The molecule has 1 aromatic carbocycles. The first kappa shape index (κ1) is 13.4. The fourth-order valence-corrected chi connectivity index (χ4v) is 1.85. The van der Waals surface area contributed by atoms with Gasteiger partial charge >= 0.3 is 0 Å². The molecular formula is C12H16ClF2N. The van der Waals surface area contributed by atoms with Crippen LogP contribution in [-0.2, 0) is 6.54 Å². The molecule has 0 aliphatic carbocycles. The fourth-order valence-electron chi connectivity index (χ4n) is 1.39. The topological polar surface area (TPSA) is 12.0 Å². The lowest BCUT2D eigenvalue weighted by molar-refractivity contribution is 0.424. The minimum atomic E-state index is -0.426. The van der Waals surface area contributed by atoms with E-state index in [1.807, 2.05) is 13.8 Å². The normalized spacial score (nSPS) is 13.1. The van der Waals surface area contributed by atoms with Gasteiger partial charge in [0.25, 0.3) is 0 Å². The number of benzene rings is 1. The van der Waals surface area contributed by atoms with Crippen molar-refractivity contribution in [1.29, 1.82) is 0 Å². The van der Waals surface area contributed by atoms with E-state index in [0.29, 0.717) is 23.9 Å². The van der Waals surface area contributed by atoms with Crippen molar-refractivity contribution in [3.05, 3.63) is 35.4 Å². The minimum Gasteiger partial charge on any atom is -0.308 e. The molecule has 0 aliphatic heterocycles. The van der Waals surface area contributed by atoms with Gasteiger partial charge < -0.3 is 5.32 Å². The molecule has 1 nitrogen and oxygen atoms in total. The van der Waals surface area contributed by atoms with E-state index in [2.05, 4.69) is 5.32 Å². The summed E-state index contributed by atoms with van der Waals surface area (Å²) in [7, 11) is 0. The lowest BCUT2D eigenvalue weighted by atomic mass is 10.1. The van der Waals surface area contributed by atoms with Crippen LogP contribution in [0.1, 0.15) is 19.4 Å². The number of rotatable bonds is 5. The highest BCUT2D eigenvalue weighted by atomic mass is 35.5. The summed E-state index contributed by atoms with van der Waals surface area (Å²) in [5.74, 6) is -0.0144. The van der Waals surface area contributed by atoms with Gasteiger partial charge in [-0.05, 0) is 24.1 Å². The summed E-state index contributed by atoms with van der Waals surface area (Å²) < 4.78 is 26.2. The van der Waals surface area contributed by atoms with Crippen LogP contribution in [0.15, 0.2) is 18.2 Å². The van der Waals surface area contributed by atoms with Gasteiger partial charge in [0.05, 0.1) is 0 Å². The van der Waals surface area contributed by atoms with Gasteiger partial charge in [-0.15, -0.1) is 11.6 Å². The largest absolute Gasteiger partial charge is 0.308 e. The van der Waals surface area contributed by atoms with Gasteiger partial charge in [-0.1, -0.05) is 13.8 Å². The molecule has 0 heterocycles. The zero-order valence-corrected chi connectivity index (χ0v) is 10.2. The molecule has 0 saturated carbocycles. The van der Waals surface area contributed by atoms with Crippen molar-refractivity contribution >= 4 is 11.6 Å². The SMILES string of the molecule is CC(C)C(CCl)NCc1cc(F)ccc1F. The molecule has 1 rings (SSSR count). The standard InChI is InChI=1S/C12H16ClF2N/c1-8(2)12(6-13)16-7-9-5-10(14)3-4-11(9)15/h3-5,8,12,16H,6-7H2,1-2H3. The molecule has 1 atom stereocenters. The molecule has 0 spiro atoms. The van der Waals surface area contributed by atoms with Crippen molar-refractivity contribution in [2.45, 2.75) is 26.4 Å². The Morgan fingerprint density at radius 3 is 2.56 bits per heavy atom. The summed E-state index contributed by atoms with van der Waals surface area (Å²) in [6, 6.07) is 3.55. The van der Waals surface area contributed by atoms with E-state index in [9.17, 15) is 8.78 Å². The molecule has 4 heteroatoms. The molecule has 0 aliphatic rings. The van der Waals surface area contributed by atoms with Crippen LogP contribution in [0, 0.1) is 17.6 Å². The Morgan fingerprint density at radius 2 is 2.00 bits per heavy atom. The molecule has 0 bridgehead atoms. The summed E-state index contributed by atoms with van der Waals surface area (Å²) in [6.45, 7) is 4.35. The minimum absolute atomic E-state index is 0.101. The van der Waals surface area contributed by atoms with Gasteiger partial charge in [0.2, 0.25) is 0 Å². The van der Waals surface area contributed by atoms with E-state index in [1.54, 1.807) is 0 Å². The second kappa shape index (κ2) is 6.16. The lowest BCUT2D eigenvalue weighted by Crippen LogP contribution is -2.35. The highest BCUT2D eigenvalue weighted by Gasteiger charge is 2.12. The molecule has 90 valence electrons. The van der Waals surface area contributed by atoms with Crippen LogP contribution in [0.3, 0.4) is 0 Å². The van der Waals surface area contributed by atoms with Crippen molar-refractivity contribution in [3.63, 3.8) is 0 Å². The third kappa shape index (κ3) is 3.72. The molecule has 0 fully saturated rings. The van der Waals surface area contributed by atoms with E-state index in [-0.39, 0.29) is 6.04 Å². The maximum absolute atomic E-state index is 13.3. The molecule has 0 aromatic heterocycles. The van der Waals surface area contributed by atoms with Crippen LogP contribution in [0.25, 0.3) is 0 Å². The van der Waals surface area contributed by atoms with Gasteiger partial charge in [-0.25, -0.2) is 8.78 Å². The zero-order valence-electron chi connectivity index (χ0n) is 9.43. The first-order chi connectivity index (χ1) is 7.54. The van der Waals surface area contributed by atoms with Crippen molar-refractivity contribution in [2.75, 3.05) is 5.88 Å². The maximum atomic E-state index is 13.3. The molecule has 1 unspecified atom stereocenters. The van der Waals surface area contributed by atoms with Gasteiger partial charge in [-0.2, -0.15) is 0 Å². The number of halogens is 3. The third-order valence-corrected chi connectivity index (χ3v) is 2.87. The van der Waals surface area contributed by atoms with E-state index in [0.717, 1.165) is 12.1 Å². The van der Waals surface area contributed by atoms with Crippen LogP contribution in [-0.4, -0.2) is 11.9 Å². The Kier molecular flexibility index (Phi) is 5.16. The van der Waals surface area contributed by atoms with E-state index in [1.165, 1.54) is 6.07 Å². The predicted molar refractivity (Wildman–Crippen MR) is 62.5 cm³/mol. The average molecular weight is 248 g/mol. The van der Waals surface area contributed by atoms with Crippen molar-refractivity contribution < 1.29 is 8.78 Å². The Labute approximate surface area is 99.8 Å². The van der Waals surface area contributed by atoms with Crippen molar-refractivity contribution in [1.82, 2.24) is 5.32 Å². The second-order valence-corrected chi connectivity index (χ2v) is 4.43. The summed E-state index contributed by atoms with van der Waals surface area (Å²) >= 11 is 5.77. The summed E-state index contributed by atoms with van der Waals surface area (Å²) in [5.41, 5.74) is 0.329. The molecule has 1 N–H and O–H groups in total. The molecule has 0 amide bonds. The highest BCUT2D eigenvalue weighted by molar-refractivity contribution is 6.18. The first-order valence-corrected chi connectivity index (χ1v) is 5.81. The lowest BCUT2D eigenvalue weighted by Gasteiger charge is -2.19. The van der Waals surface area contributed by atoms with Crippen LogP contribution >= 0.6 is 11.6 Å². The Hall–Kier alpha value is -0.670.